The molecular weight excluding hydrogens is 216 g/mol. The van der Waals surface area contributed by atoms with Crippen molar-refractivity contribution < 1.29 is 0 Å². The van der Waals surface area contributed by atoms with Crippen LogP contribution in [0.4, 0.5) is 0 Å². The Morgan fingerprint density at radius 2 is 2.00 bits per heavy atom. The molecule has 0 aliphatic rings. The van der Waals surface area contributed by atoms with Crippen molar-refractivity contribution in [2.24, 2.45) is 5.18 Å². The molecule has 1 atom stereocenters. The van der Waals surface area contributed by atoms with E-state index in [9.17, 15) is 4.91 Å². The lowest BCUT2D eigenvalue weighted by molar-refractivity contribution is 0.299. The molecule has 1 aromatic carbocycles. The van der Waals surface area contributed by atoms with Crippen molar-refractivity contribution in [3.8, 4) is 0 Å². The molecule has 0 aliphatic carbocycles. The maximum atomic E-state index is 11.1. The van der Waals surface area contributed by atoms with Gasteiger partial charge in [0.1, 0.15) is 12.7 Å². The molecule has 0 N–H and O–H groups in total. The minimum Gasteiger partial charge on any atom is -0.224 e. The molecule has 88 valence electrons. The van der Waals surface area contributed by atoms with E-state index in [4.69, 9.17) is 0 Å². The first kappa shape index (κ1) is 11.4. The maximum absolute atomic E-state index is 11.1. The largest absolute Gasteiger partial charge is 0.224 e. The van der Waals surface area contributed by atoms with Crippen molar-refractivity contribution in [1.29, 1.82) is 0 Å². The van der Waals surface area contributed by atoms with Gasteiger partial charge in [-0.05, 0) is 10.7 Å². The topological polar surface area (TPSA) is 60.1 Å². The summed E-state index contributed by atoms with van der Waals surface area (Å²) in [7, 11) is 0. The quantitative estimate of drug-likeness (QED) is 0.758. The van der Waals surface area contributed by atoms with Gasteiger partial charge < -0.3 is 0 Å². The molecule has 5 nitrogen and oxygen atoms in total. The van der Waals surface area contributed by atoms with Crippen LogP contribution < -0.4 is 0 Å². The highest BCUT2D eigenvalue weighted by Gasteiger charge is 2.34. The summed E-state index contributed by atoms with van der Waals surface area (Å²) in [5, 5.41) is 7.18. The second-order valence-corrected chi connectivity index (χ2v) is 4.44. The third-order valence-corrected chi connectivity index (χ3v) is 2.95. The van der Waals surface area contributed by atoms with Gasteiger partial charge in [0.25, 0.3) is 0 Å². The third-order valence-electron chi connectivity index (χ3n) is 2.95. The average molecular weight is 230 g/mol. The van der Waals surface area contributed by atoms with Gasteiger partial charge in [-0.25, -0.2) is 9.67 Å². The highest BCUT2D eigenvalue weighted by molar-refractivity contribution is 5.24. The smallest absolute Gasteiger partial charge is 0.193 e. The molecule has 0 spiro atoms. The Hall–Kier alpha value is -2.04. The van der Waals surface area contributed by atoms with E-state index in [-0.39, 0.29) is 0 Å². The molecule has 5 heteroatoms. The van der Waals surface area contributed by atoms with E-state index >= 15 is 0 Å². The van der Waals surface area contributed by atoms with Crippen LogP contribution in [0.15, 0.2) is 48.2 Å². The average Bonchev–Trinajstić information content (AvgIpc) is 2.84. The van der Waals surface area contributed by atoms with Gasteiger partial charge in [-0.2, -0.15) is 5.10 Å². The SMILES string of the molecule is CC(C)(c1ccccc1)C(N=O)n1cncn1. The Labute approximate surface area is 99.5 Å². The zero-order valence-corrected chi connectivity index (χ0v) is 9.82. The lowest BCUT2D eigenvalue weighted by Gasteiger charge is -2.29. The first-order valence-electron chi connectivity index (χ1n) is 5.38. The summed E-state index contributed by atoms with van der Waals surface area (Å²) in [6, 6.07) is 9.79. The number of benzene rings is 1. The van der Waals surface area contributed by atoms with E-state index in [1.165, 1.54) is 17.3 Å². The normalized spacial score (nSPS) is 13.3. The first-order chi connectivity index (χ1) is 8.16. The van der Waals surface area contributed by atoms with Crippen molar-refractivity contribution in [2.45, 2.75) is 25.4 Å². The standard InChI is InChI=1S/C12H14N4O/c1-12(2,10-6-4-3-5-7-10)11(15-17)16-9-13-8-14-16/h3-9,11H,1-2H3. The van der Waals surface area contributed by atoms with Gasteiger partial charge in [-0.3, -0.25) is 0 Å². The van der Waals surface area contributed by atoms with Crippen molar-refractivity contribution in [3.63, 3.8) is 0 Å². The molecule has 0 amide bonds. The minimum absolute atomic E-state index is 0.434. The van der Waals surface area contributed by atoms with E-state index in [1.807, 2.05) is 44.2 Å². The van der Waals surface area contributed by atoms with E-state index in [2.05, 4.69) is 15.3 Å². The second kappa shape index (κ2) is 4.45. The Bertz CT molecular complexity index is 478. The van der Waals surface area contributed by atoms with Gasteiger partial charge in [0.05, 0.1) is 0 Å². The summed E-state index contributed by atoms with van der Waals surface area (Å²) in [6.07, 6.45) is 2.31. The number of nitroso groups, excluding NO2 is 1. The van der Waals surface area contributed by atoms with Gasteiger partial charge >= 0.3 is 0 Å². The molecule has 1 unspecified atom stereocenters. The fraction of sp³-hybridized carbons (Fsp3) is 0.333. The van der Waals surface area contributed by atoms with Crippen LogP contribution in [0.3, 0.4) is 0 Å². The molecule has 0 fully saturated rings. The van der Waals surface area contributed by atoms with Gasteiger partial charge in [-0.1, -0.05) is 44.2 Å². The fourth-order valence-electron chi connectivity index (χ4n) is 1.87. The molecule has 1 heterocycles. The van der Waals surface area contributed by atoms with Gasteiger partial charge in [0.15, 0.2) is 6.17 Å². The third kappa shape index (κ3) is 2.08. The second-order valence-electron chi connectivity index (χ2n) is 4.44. The summed E-state index contributed by atoms with van der Waals surface area (Å²) in [5.74, 6) is 0. The Morgan fingerprint density at radius 3 is 2.53 bits per heavy atom. The van der Waals surface area contributed by atoms with Crippen LogP contribution in [-0.4, -0.2) is 14.8 Å². The number of nitrogens with zero attached hydrogens (tertiary/aromatic N) is 4. The Morgan fingerprint density at radius 1 is 1.29 bits per heavy atom. The lowest BCUT2D eigenvalue weighted by Crippen LogP contribution is -2.30. The zero-order chi connectivity index (χ0) is 12.3. The monoisotopic (exact) mass is 230 g/mol. The number of rotatable bonds is 4. The molecule has 0 aliphatic heterocycles. The van der Waals surface area contributed by atoms with Crippen LogP contribution in [0, 0.1) is 4.91 Å². The van der Waals surface area contributed by atoms with Gasteiger partial charge in [0, 0.05) is 5.41 Å². The molecule has 17 heavy (non-hydrogen) atoms. The van der Waals surface area contributed by atoms with Crippen molar-refractivity contribution in [2.75, 3.05) is 0 Å². The molecule has 0 radical (unpaired) electrons. The van der Waals surface area contributed by atoms with Crippen LogP contribution in [0.2, 0.25) is 0 Å². The number of hydrogen-bond acceptors (Lipinski definition) is 4. The molecule has 0 saturated heterocycles. The predicted molar refractivity (Wildman–Crippen MR) is 64.3 cm³/mol. The maximum Gasteiger partial charge on any atom is 0.193 e. The summed E-state index contributed by atoms with van der Waals surface area (Å²) in [6.45, 7) is 3.94. The summed E-state index contributed by atoms with van der Waals surface area (Å²) in [5.41, 5.74) is 0.608. The van der Waals surface area contributed by atoms with Crippen LogP contribution in [-0.2, 0) is 5.41 Å². The molecule has 0 bridgehead atoms. The minimum atomic E-state index is -0.604. The van der Waals surface area contributed by atoms with E-state index in [0.717, 1.165) is 5.56 Å². The first-order valence-corrected chi connectivity index (χ1v) is 5.38. The predicted octanol–water partition coefficient (Wildman–Crippen LogP) is 2.52. The molecular formula is C12H14N4O. The highest BCUT2D eigenvalue weighted by Crippen LogP contribution is 2.35. The molecule has 1 aromatic heterocycles. The van der Waals surface area contributed by atoms with Gasteiger partial charge in [-0.15, -0.1) is 4.91 Å². The van der Waals surface area contributed by atoms with Crippen LogP contribution in [0.1, 0.15) is 25.6 Å². The van der Waals surface area contributed by atoms with Crippen LogP contribution >= 0.6 is 0 Å². The summed E-state index contributed by atoms with van der Waals surface area (Å²) >= 11 is 0. The molecule has 2 rings (SSSR count). The fourth-order valence-corrected chi connectivity index (χ4v) is 1.87. The van der Waals surface area contributed by atoms with Crippen LogP contribution in [0.5, 0.6) is 0 Å². The van der Waals surface area contributed by atoms with E-state index in [0.29, 0.717) is 0 Å². The lowest BCUT2D eigenvalue weighted by atomic mass is 9.82. The van der Waals surface area contributed by atoms with Crippen LogP contribution in [0.25, 0.3) is 0 Å². The Balaban J connectivity index is 2.40. The molecule has 2 aromatic rings. The van der Waals surface area contributed by atoms with Crippen molar-refractivity contribution in [1.82, 2.24) is 14.8 Å². The Kier molecular flexibility index (Phi) is 2.99. The van der Waals surface area contributed by atoms with Gasteiger partial charge in [0.2, 0.25) is 0 Å². The van der Waals surface area contributed by atoms with E-state index in [1.54, 1.807) is 0 Å². The summed E-state index contributed by atoms with van der Waals surface area (Å²) in [4.78, 5) is 14.9. The zero-order valence-electron chi connectivity index (χ0n) is 9.82. The number of hydrogen-bond donors (Lipinski definition) is 0. The van der Waals surface area contributed by atoms with Crippen molar-refractivity contribution >= 4 is 0 Å². The van der Waals surface area contributed by atoms with E-state index < -0.39 is 11.6 Å². The highest BCUT2D eigenvalue weighted by atomic mass is 16.3. The number of aromatic nitrogens is 3. The summed E-state index contributed by atoms with van der Waals surface area (Å²) < 4.78 is 1.49. The molecule has 0 saturated carbocycles. The van der Waals surface area contributed by atoms with Crippen molar-refractivity contribution in [3.05, 3.63) is 53.5 Å².